The van der Waals surface area contributed by atoms with Gasteiger partial charge in [-0.2, -0.15) is 5.10 Å². The molecule has 0 fully saturated rings. The number of nitrogens with one attached hydrogen (secondary N) is 1. The molecule has 1 aromatic heterocycles. The van der Waals surface area contributed by atoms with Crippen molar-refractivity contribution in [3.63, 3.8) is 0 Å². The summed E-state index contributed by atoms with van der Waals surface area (Å²) in [4.78, 5) is 14.3. The Bertz CT molecular complexity index is 735. The average Bonchev–Trinajstić information content (AvgIpc) is 3.03. The van der Waals surface area contributed by atoms with E-state index < -0.39 is 5.82 Å². The maximum atomic E-state index is 13.9. The van der Waals surface area contributed by atoms with Crippen molar-refractivity contribution in [1.82, 2.24) is 20.0 Å². The number of methoxy groups -OCH3 is 2. The van der Waals surface area contributed by atoms with E-state index in [1.54, 1.807) is 41.9 Å². The molecular weight excluding hydrogens is 339 g/mol. The van der Waals surface area contributed by atoms with Crippen molar-refractivity contribution in [2.24, 2.45) is 7.05 Å². The number of halogens is 1. The average molecular weight is 364 g/mol. The number of benzene rings is 1. The Morgan fingerprint density at radius 2 is 2.19 bits per heavy atom. The molecular formula is C18H25FN4O3. The number of ether oxygens (including phenoxy) is 2. The maximum absolute atomic E-state index is 13.9. The summed E-state index contributed by atoms with van der Waals surface area (Å²) in [6.07, 6.45) is 3.57. The van der Waals surface area contributed by atoms with Gasteiger partial charge in [0.15, 0.2) is 11.6 Å². The number of nitrogens with zero attached hydrogens (tertiary/aromatic N) is 3. The number of carbonyl (C=O) groups excluding carboxylic acids is 1. The second-order valence-electron chi connectivity index (χ2n) is 6.00. The minimum absolute atomic E-state index is 0.172. The van der Waals surface area contributed by atoms with Gasteiger partial charge < -0.3 is 19.7 Å². The highest BCUT2D eigenvalue weighted by Crippen LogP contribution is 2.22. The van der Waals surface area contributed by atoms with Crippen LogP contribution in [0, 0.1) is 5.82 Å². The van der Waals surface area contributed by atoms with Gasteiger partial charge in [0.05, 0.1) is 32.5 Å². The number of hydrogen-bond acceptors (Lipinski definition) is 4. The zero-order valence-electron chi connectivity index (χ0n) is 15.5. The molecule has 0 saturated carbocycles. The molecule has 0 bridgehead atoms. The van der Waals surface area contributed by atoms with Crippen molar-refractivity contribution < 1.29 is 18.7 Å². The van der Waals surface area contributed by atoms with Gasteiger partial charge in [-0.15, -0.1) is 0 Å². The molecule has 1 heterocycles. The van der Waals surface area contributed by atoms with E-state index in [1.807, 2.05) is 13.2 Å². The lowest BCUT2D eigenvalue weighted by atomic mass is 10.1. The predicted molar refractivity (Wildman–Crippen MR) is 95.4 cm³/mol. The molecule has 0 aliphatic rings. The third-order valence-electron chi connectivity index (χ3n) is 4.00. The molecule has 1 atom stereocenters. The van der Waals surface area contributed by atoms with Gasteiger partial charge in [0.2, 0.25) is 0 Å². The normalized spacial score (nSPS) is 11.9. The third kappa shape index (κ3) is 5.19. The fourth-order valence-electron chi connectivity index (χ4n) is 2.54. The topological polar surface area (TPSA) is 68.6 Å². The van der Waals surface area contributed by atoms with Gasteiger partial charge in [-0.05, 0) is 24.6 Å². The standard InChI is InChI=1S/C18H25FN4O3/c1-13(15-5-6-17(26-4)16(19)9-15)21-18(24)23(7-8-25-3)12-14-10-20-22(2)11-14/h5-6,9-11,13H,7-8,12H2,1-4H3,(H,21,24)/t13-/m0/s1. The van der Waals surface area contributed by atoms with Gasteiger partial charge in [-0.25, -0.2) is 9.18 Å². The van der Waals surface area contributed by atoms with Crippen LogP contribution in [0.4, 0.5) is 9.18 Å². The van der Waals surface area contributed by atoms with Crippen LogP contribution in [0.1, 0.15) is 24.1 Å². The van der Waals surface area contributed by atoms with E-state index >= 15 is 0 Å². The number of amides is 2. The van der Waals surface area contributed by atoms with E-state index in [0.717, 1.165) is 5.56 Å². The summed E-state index contributed by atoms with van der Waals surface area (Å²) in [5.74, 6) is -0.289. The number of urea groups is 1. The SMILES string of the molecule is COCCN(Cc1cnn(C)c1)C(=O)N[C@@H](C)c1ccc(OC)c(F)c1. The summed E-state index contributed by atoms with van der Waals surface area (Å²) in [5, 5.41) is 7.01. The molecule has 2 aromatic rings. The molecule has 142 valence electrons. The van der Waals surface area contributed by atoms with Crippen molar-refractivity contribution in [3.05, 3.63) is 47.5 Å². The summed E-state index contributed by atoms with van der Waals surface area (Å²) >= 11 is 0. The molecule has 0 unspecified atom stereocenters. The molecule has 1 N–H and O–H groups in total. The summed E-state index contributed by atoms with van der Waals surface area (Å²) in [7, 11) is 4.82. The number of rotatable bonds is 8. The smallest absolute Gasteiger partial charge is 0.318 e. The number of aromatic nitrogens is 2. The zero-order chi connectivity index (χ0) is 19.1. The van der Waals surface area contributed by atoms with Gasteiger partial charge in [0.1, 0.15) is 0 Å². The molecule has 0 saturated heterocycles. The van der Waals surface area contributed by atoms with Crippen LogP contribution in [0.3, 0.4) is 0 Å². The molecule has 7 nitrogen and oxygen atoms in total. The van der Waals surface area contributed by atoms with E-state index in [9.17, 15) is 9.18 Å². The van der Waals surface area contributed by atoms with Crippen molar-refractivity contribution >= 4 is 6.03 Å². The van der Waals surface area contributed by atoms with E-state index in [4.69, 9.17) is 9.47 Å². The Morgan fingerprint density at radius 1 is 1.42 bits per heavy atom. The molecule has 0 aliphatic carbocycles. The van der Waals surface area contributed by atoms with Crippen molar-refractivity contribution in [2.45, 2.75) is 19.5 Å². The number of aryl methyl sites for hydroxylation is 1. The Labute approximate surface area is 152 Å². The molecule has 2 rings (SSSR count). The Balaban J connectivity index is 2.05. The predicted octanol–water partition coefficient (Wildman–Crippen LogP) is 2.49. The number of carbonyl (C=O) groups is 1. The fourth-order valence-corrected chi connectivity index (χ4v) is 2.54. The van der Waals surface area contributed by atoms with Crippen molar-refractivity contribution in [2.75, 3.05) is 27.4 Å². The lowest BCUT2D eigenvalue weighted by Crippen LogP contribution is -2.42. The first-order valence-corrected chi connectivity index (χ1v) is 8.30. The lowest BCUT2D eigenvalue weighted by molar-refractivity contribution is 0.145. The van der Waals surface area contributed by atoms with Crippen LogP contribution in [0.5, 0.6) is 5.75 Å². The first-order valence-electron chi connectivity index (χ1n) is 8.30. The van der Waals surface area contributed by atoms with Crippen LogP contribution in [0.15, 0.2) is 30.6 Å². The number of hydrogen-bond donors (Lipinski definition) is 1. The first-order chi connectivity index (χ1) is 12.4. The van der Waals surface area contributed by atoms with Gasteiger partial charge in [0, 0.05) is 32.5 Å². The van der Waals surface area contributed by atoms with E-state index in [1.165, 1.54) is 13.2 Å². The summed E-state index contributed by atoms with van der Waals surface area (Å²) < 4.78 is 25.6. The van der Waals surface area contributed by atoms with Crippen molar-refractivity contribution in [3.8, 4) is 5.75 Å². The molecule has 26 heavy (non-hydrogen) atoms. The monoisotopic (exact) mass is 364 g/mol. The van der Waals surface area contributed by atoms with Gasteiger partial charge >= 0.3 is 6.03 Å². The fraction of sp³-hybridized carbons (Fsp3) is 0.444. The third-order valence-corrected chi connectivity index (χ3v) is 4.00. The molecule has 0 spiro atoms. The zero-order valence-corrected chi connectivity index (χ0v) is 15.5. The Hall–Kier alpha value is -2.61. The van der Waals surface area contributed by atoms with Crippen LogP contribution < -0.4 is 10.1 Å². The largest absolute Gasteiger partial charge is 0.494 e. The van der Waals surface area contributed by atoms with Crippen LogP contribution in [-0.2, 0) is 18.3 Å². The minimum atomic E-state index is -0.460. The quantitative estimate of drug-likeness (QED) is 0.781. The van der Waals surface area contributed by atoms with Crippen LogP contribution in [0.2, 0.25) is 0 Å². The summed E-state index contributed by atoms with van der Waals surface area (Å²) in [6, 6.07) is 4.03. The van der Waals surface area contributed by atoms with Gasteiger partial charge in [-0.1, -0.05) is 6.07 Å². The van der Waals surface area contributed by atoms with Crippen LogP contribution >= 0.6 is 0 Å². The first kappa shape index (κ1) is 19.7. The molecule has 8 heteroatoms. The summed E-state index contributed by atoms with van der Waals surface area (Å²) in [5.41, 5.74) is 1.58. The van der Waals surface area contributed by atoms with Crippen molar-refractivity contribution in [1.29, 1.82) is 0 Å². The molecule has 0 aliphatic heterocycles. The van der Waals surface area contributed by atoms with Gasteiger partial charge in [-0.3, -0.25) is 4.68 Å². The minimum Gasteiger partial charge on any atom is -0.494 e. The van der Waals surface area contributed by atoms with Gasteiger partial charge in [0.25, 0.3) is 0 Å². The van der Waals surface area contributed by atoms with E-state index in [2.05, 4.69) is 10.4 Å². The summed E-state index contributed by atoms with van der Waals surface area (Å²) in [6.45, 7) is 3.06. The molecule has 1 aromatic carbocycles. The van der Waals surface area contributed by atoms with Crippen LogP contribution in [-0.4, -0.2) is 48.1 Å². The molecule has 0 radical (unpaired) electrons. The molecule has 2 amide bonds. The maximum Gasteiger partial charge on any atom is 0.318 e. The highest BCUT2D eigenvalue weighted by atomic mass is 19.1. The second-order valence-corrected chi connectivity index (χ2v) is 6.00. The van der Waals surface area contributed by atoms with Crippen LogP contribution in [0.25, 0.3) is 0 Å². The lowest BCUT2D eigenvalue weighted by Gasteiger charge is -2.25. The highest BCUT2D eigenvalue weighted by molar-refractivity contribution is 5.74. The Morgan fingerprint density at radius 3 is 2.77 bits per heavy atom. The second kappa shape index (κ2) is 9.19. The van der Waals surface area contributed by atoms with E-state index in [0.29, 0.717) is 25.3 Å². The Kier molecular flexibility index (Phi) is 6.97. The highest BCUT2D eigenvalue weighted by Gasteiger charge is 2.18. The van der Waals surface area contributed by atoms with E-state index in [-0.39, 0.29) is 17.8 Å².